The van der Waals surface area contributed by atoms with Gasteiger partial charge in [0, 0.05) is 31.3 Å². The zero-order chi connectivity index (χ0) is 27.0. The molecule has 0 saturated heterocycles. The highest BCUT2D eigenvalue weighted by Gasteiger charge is 2.19. The number of nitrogens with one attached hydrogen (secondary N) is 1. The summed E-state index contributed by atoms with van der Waals surface area (Å²) in [6.07, 6.45) is 5.21. The van der Waals surface area contributed by atoms with Crippen molar-refractivity contribution in [2.45, 2.75) is 26.9 Å². The molecule has 0 unspecified atom stereocenters. The lowest BCUT2D eigenvalue weighted by molar-refractivity contribution is -0.119. The van der Waals surface area contributed by atoms with Gasteiger partial charge in [0.2, 0.25) is 0 Å². The van der Waals surface area contributed by atoms with E-state index in [1.807, 2.05) is 38.1 Å². The monoisotopic (exact) mass is 512 g/mol. The molecule has 1 amide bonds. The van der Waals surface area contributed by atoms with E-state index in [1.165, 1.54) is 7.11 Å². The SMILES string of the molecule is COCC(=O)Nc1ccc(-n2c(=O)n(C)c3cnc4ccc(-c5cncc(OC(C)C)c5)cc4c32)c(C)n1. The number of nitrogens with zero attached hydrogens (tertiary/aromatic N) is 5. The lowest BCUT2D eigenvalue weighted by Crippen LogP contribution is -2.22. The van der Waals surface area contributed by atoms with Crippen molar-refractivity contribution in [2.75, 3.05) is 19.0 Å². The molecule has 0 bridgehead atoms. The molecule has 0 aliphatic carbocycles. The van der Waals surface area contributed by atoms with Gasteiger partial charge in [-0.3, -0.25) is 23.9 Å². The number of hydrogen-bond donors (Lipinski definition) is 1. The van der Waals surface area contributed by atoms with E-state index < -0.39 is 0 Å². The number of hydrogen-bond acceptors (Lipinski definition) is 7. The zero-order valence-electron chi connectivity index (χ0n) is 21.8. The van der Waals surface area contributed by atoms with Gasteiger partial charge in [-0.1, -0.05) is 6.07 Å². The highest BCUT2D eigenvalue weighted by atomic mass is 16.5. The fraction of sp³-hybridized carbons (Fsp3) is 0.250. The van der Waals surface area contributed by atoms with E-state index in [2.05, 4.69) is 20.3 Å². The van der Waals surface area contributed by atoms with E-state index >= 15 is 0 Å². The largest absolute Gasteiger partial charge is 0.489 e. The molecule has 5 aromatic rings. The predicted molar refractivity (Wildman–Crippen MR) is 146 cm³/mol. The highest BCUT2D eigenvalue weighted by Crippen LogP contribution is 2.31. The van der Waals surface area contributed by atoms with Gasteiger partial charge in [-0.2, -0.15) is 0 Å². The van der Waals surface area contributed by atoms with Crippen molar-refractivity contribution < 1.29 is 14.3 Å². The first-order chi connectivity index (χ1) is 18.3. The minimum atomic E-state index is -0.309. The number of pyridine rings is 3. The quantitative estimate of drug-likeness (QED) is 0.350. The van der Waals surface area contributed by atoms with Crippen LogP contribution in [0.25, 0.3) is 38.8 Å². The smallest absolute Gasteiger partial charge is 0.333 e. The zero-order valence-corrected chi connectivity index (χ0v) is 21.8. The Morgan fingerprint density at radius 2 is 1.89 bits per heavy atom. The first-order valence-corrected chi connectivity index (χ1v) is 12.2. The molecule has 1 N–H and O–H groups in total. The van der Waals surface area contributed by atoms with Gasteiger partial charge in [0.05, 0.1) is 46.4 Å². The molecule has 5 rings (SSSR count). The van der Waals surface area contributed by atoms with Crippen LogP contribution in [-0.2, 0) is 16.6 Å². The molecule has 194 valence electrons. The number of aromatic nitrogens is 5. The summed E-state index contributed by atoms with van der Waals surface area (Å²) in [7, 11) is 3.17. The van der Waals surface area contributed by atoms with E-state index in [4.69, 9.17) is 9.47 Å². The minimum absolute atomic E-state index is 0.0303. The molecule has 0 aliphatic rings. The van der Waals surface area contributed by atoms with E-state index in [0.717, 1.165) is 22.0 Å². The van der Waals surface area contributed by atoms with Crippen molar-refractivity contribution in [3.05, 3.63) is 71.2 Å². The lowest BCUT2D eigenvalue weighted by atomic mass is 10.0. The lowest BCUT2D eigenvalue weighted by Gasteiger charge is -2.12. The molecular formula is C28H28N6O4. The molecule has 4 heterocycles. The average Bonchev–Trinajstić information content (AvgIpc) is 3.14. The van der Waals surface area contributed by atoms with Crippen molar-refractivity contribution >= 4 is 33.7 Å². The molecule has 0 aliphatic heterocycles. The van der Waals surface area contributed by atoms with Crippen molar-refractivity contribution in [1.82, 2.24) is 24.1 Å². The maximum atomic E-state index is 13.5. The summed E-state index contributed by atoms with van der Waals surface area (Å²) in [5.74, 6) is 0.757. The van der Waals surface area contributed by atoms with Crippen LogP contribution in [0.5, 0.6) is 5.75 Å². The first-order valence-electron chi connectivity index (χ1n) is 12.2. The van der Waals surface area contributed by atoms with Gasteiger partial charge >= 0.3 is 5.69 Å². The normalized spacial score (nSPS) is 11.4. The van der Waals surface area contributed by atoms with Crippen LogP contribution < -0.4 is 15.7 Å². The molecule has 0 spiro atoms. The van der Waals surface area contributed by atoms with Crippen LogP contribution >= 0.6 is 0 Å². The Balaban J connectivity index is 1.68. The van der Waals surface area contributed by atoms with Crippen LogP contribution in [0.3, 0.4) is 0 Å². The van der Waals surface area contributed by atoms with Crippen LogP contribution in [-0.4, -0.2) is 49.8 Å². The molecular weight excluding hydrogens is 484 g/mol. The second kappa shape index (κ2) is 10.1. The minimum Gasteiger partial charge on any atom is -0.489 e. The highest BCUT2D eigenvalue weighted by molar-refractivity contribution is 6.04. The van der Waals surface area contributed by atoms with Gasteiger partial charge in [-0.05, 0) is 56.7 Å². The first kappa shape index (κ1) is 25.1. The summed E-state index contributed by atoms with van der Waals surface area (Å²) in [6.45, 7) is 5.66. The Kier molecular flexibility index (Phi) is 6.64. The van der Waals surface area contributed by atoms with Crippen LogP contribution in [0.4, 0.5) is 5.82 Å². The fourth-order valence-electron chi connectivity index (χ4n) is 4.48. The Morgan fingerprint density at radius 3 is 2.63 bits per heavy atom. The van der Waals surface area contributed by atoms with E-state index in [1.54, 1.807) is 53.8 Å². The number of ether oxygens (including phenoxy) is 2. The van der Waals surface area contributed by atoms with Crippen molar-refractivity contribution in [2.24, 2.45) is 7.05 Å². The van der Waals surface area contributed by atoms with Gasteiger partial charge in [-0.25, -0.2) is 9.78 Å². The molecule has 1 aromatic carbocycles. The Morgan fingerprint density at radius 1 is 1.08 bits per heavy atom. The summed E-state index contributed by atoms with van der Waals surface area (Å²) in [5, 5.41) is 3.51. The summed E-state index contributed by atoms with van der Waals surface area (Å²) in [6, 6.07) is 11.3. The molecule has 0 fully saturated rings. The van der Waals surface area contributed by atoms with Gasteiger partial charge in [0.1, 0.15) is 18.2 Å². The summed E-state index contributed by atoms with van der Waals surface area (Å²) in [5.41, 5.74) is 4.92. The number of aryl methyl sites for hydroxylation is 2. The third-order valence-corrected chi connectivity index (χ3v) is 6.14. The molecule has 0 radical (unpaired) electrons. The Bertz CT molecular complexity index is 1740. The van der Waals surface area contributed by atoms with E-state index in [-0.39, 0.29) is 24.3 Å². The second-order valence-electron chi connectivity index (χ2n) is 9.26. The van der Waals surface area contributed by atoms with Crippen LogP contribution in [0.1, 0.15) is 19.5 Å². The number of benzene rings is 1. The Labute approximate surface area is 218 Å². The number of carbonyl (C=O) groups is 1. The van der Waals surface area contributed by atoms with Gasteiger partial charge in [0.15, 0.2) is 0 Å². The molecule has 0 saturated carbocycles. The number of imidazole rings is 1. The van der Waals surface area contributed by atoms with Crippen LogP contribution in [0, 0.1) is 6.92 Å². The molecule has 38 heavy (non-hydrogen) atoms. The maximum Gasteiger partial charge on any atom is 0.333 e. The van der Waals surface area contributed by atoms with Gasteiger partial charge < -0.3 is 14.8 Å². The second-order valence-corrected chi connectivity index (χ2v) is 9.26. The van der Waals surface area contributed by atoms with Crippen molar-refractivity contribution in [3.63, 3.8) is 0 Å². The van der Waals surface area contributed by atoms with Crippen LogP contribution in [0.15, 0.2) is 59.8 Å². The molecule has 10 heteroatoms. The van der Waals surface area contributed by atoms with E-state index in [0.29, 0.717) is 34.0 Å². The molecule has 4 aromatic heterocycles. The van der Waals surface area contributed by atoms with E-state index in [9.17, 15) is 9.59 Å². The number of anilines is 1. The molecule has 10 nitrogen and oxygen atoms in total. The third kappa shape index (κ3) is 4.61. The number of carbonyl (C=O) groups excluding carboxylic acids is 1. The van der Waals surface area contributed by atoms with Crippen LogP contribution in [0.2, 0.25) is 0 Å². The topological polar surface area (TPSA) is 113 Å². The summed E-state index contributed by atoms with van der Waals surface area (Å²) < 4.78 is 13.9. The standard InChI is InChI=1S/C28H28N6O4/c1-16(2)38-20-10-19(12-29-13-20)18-6-7-22-21(11-18)27-24(14-30-22)33(4)28(36)34(27)23-8-9-25(31-17(23)3)32-26(35)15-37-5/h6-14,16H,15H2,1-5H3,(H,31,32,35). The van der Waals surface area contributed by atoms with Crippen molar-refractivity contribution in [1.29, 1.82) is 0 Å². The predicted octanol–water partition coefficient (Wildman–Crippen LogP) is 4.01. The number of rotatable bonds is 7. The summed E-state index contributed by atoms with van der Waals surface area (Å²) >= 11 is 0. The summed E-state index contributed by atoms with van der Waals surface area (Å²) in [4.78, 5) is 38.9. The average molecular weight is 513 g/mol. The number of methoxy groups -OCH3 is 1. The van der Waals surface area contributed by atoms with Gasteiger partial charge in [0.25, 0.3) is 5.91 Å². The maximum absolute atomic E-state index is 13.5. The fourth-order valence-corrected chi connectivity index (χ4v) is 4.48. The van der Waals surface area contributed by atoms with Crippen molar-refractivity contribution in [3.8, 4) is 22.6 Å². The third-order valence-electron chi connectivity index (χ3n) is 6.14. The number of fused-ring (bicyclic) bond motifs is 3. The Hall–Kier alpha value is -4.57. The number of amides is 1. The van der Waals surface area contributed by atoms with Gasteiger partial charge in [-0.15, -0.1) is 0 Å². The molecule has 0 atom stereocenters.